The Morgan fingerprint density at radius 2 is 2.28 bits per heavy atom. The molecule has 0 radical (unpaired) electrons. The summed E-state index contributed by atoms with van der Waals surface area (Å²) < 4.78 is 7.47. The number of fused-ring (bicyclic) bond motifs is 1. The van der Waals surface area contributed by atoms with E-state index >= 15 is 0 Å². The fourth-order valence-corrected chi connectivity index (χ4v) is 2.87. The second-order valence-corrected chi connectivity index (χ2v) is 5.02. The number of nitrogens with zero attached hydrogens (tertiary/aromatic N) is 2. The molecule has 1 aromatic heterocycles. The van der Waals surface area contributed by atoms with Gasteiger partial charge in [0.15, 0.2) is 0 Å². The van der Waals surface area contributed by atoms with E-state index in [0.29, 0.717) is 12.0 Å². The van der Waals surface area contributed by atoms with E-state index in [1.165, 1.54) is 11.3 Å². The standard InChI is InChI=1S/C14H19N3O/c1-9-11(6-7-15-9)14-16-12-8-10(18-3)4-5-13(12)17(14)2/h4-5,8-9,11,15H,6-7H2,1-3H3. The van der Waals surface area contributed by atoms with Crippen molar-refractivity contribution in [3.05, 3.63) is 24.0 Å². The highest BCUT2D eigenvalue weighted by atomic mass is 16.5. The summed E-state index contributed by atoms with van der Waals surface area (Å²) in [6.07, 6.45) is 1.16. The van der Waals surface area contributed by atoms with Gasteiger partial charge in [0.2, 0.25) is 0 Å². The molecule has 0 spiro atoms. The second kappa shape index (κ2) is 4.28. The molecule has 1 aromatic carbocycles. The summed E-state index contributed by atoms with van der Waals surface area (Å²) in [5.74, 6) is 2.55. The number of aryl methyl sites for hydroxylation is 1. The number of methoxy groups -OCH3 is 1. The number of hydrogen-bond acceptors (Lipinski definition) is 3. The summed E-state index contributed by atoms with van der Waals surface area (Å²) in [6.45, 7) is 3.32. The Labute approximate surface area is 107 Å². The predicted octanol–water partition coefficient (Wildman–Crippen LogP) is 2.05. The number of aromatic nitrogens is 2. The van der Waals surface area contributed by atoms with Crippen molar-refractivity contribution in [2.45, 2.75) is 25.3 Å². The van der Waals surface area contributed by atoms with Gasteiger partial charge in [-0.05, 0) is 32.0 Å². The average molecular weight is 245 g/mol. The molecule has 1 N–H and O–H groups in total. The Balaban J connectivity index is 2.10. The Hall–Kier alpha value is -1.55. The maximum Gasteiger partial charge on any atom is 0.121 e. The van der Waals surface area contributed by atoms with Crippen LogP contribution < -0.4 is 10.1 Å². The van der Waals surface area contributed by atoms with Crippen LogP contribution in [0.5, 0.6) is 5.75 Å². The van der Waals surface area contributed by atoms with Crippen LogP contribution in [0.4, 0.5) is 0 Å². The zero-order valence-corrected chi connectivity index (χ0v) is 11.1. The fraction of sp³-hybridized carbons (Fsp3) is 0.500. The molecule has 2 unspecified atom stereocenters. The van der Waals surface area contributed by atoms with Crippen LogP contribution in [0, 0.1) is 0 Å². The molecular formula is C14H19N3O. The molecule has 3 rings (SSSR count). The van der Waals surface area contributed by atoms with Gasteiger partial charge in [0.1, 0.15) is 11.6 Å². The topological polar surface area (TPSA) is 39.1 Å². The summed E-state index contributed by atoms with van der Waals surface area (Å²) in [7, 11) is 3.79. The lowest BCUT2D eigenvalue weighted by Gasteiger charge is -2.14. The average Bonchev–Trinajstić information content (AvgIpc) is 2.93. The number of imidazole rings is 1. The van der Waals surface area contributed by atoms with E-state index in [1.807, 2.05) is 12.1 Å². The fourth-order valence-electron chi connectivity index (χ4n) is 2.87. The van der Waals surface area contributed by atoms with Gasteiger partial charge in [-0.3, -0.25) is 0 Å². The maximum atomic E-state index is 5.26. The Kier molecular flexibility index (Phi) is 2.74. The number of hydrogen-bond donors (Lipinski definition) is 1. The molecular weight excluding hydrogens is 226 g/mol. The van der Waals surface area contributed by atoms with Gasteiger partial charge in [-0.1, -0.05) is 0 Å². The molecule has 1 aliphatic rings. The molecule has 4 nitrogen and oxygen atoms in total. The summed E-state index contributed by atoms with van der Waals surface area (Å²) in [5.41, 5.74) is 2.19. The minimum atomic E-state index is 0.502. The highest BCUT2D eigenvalue weighted by Gasteiger charge is 2.28. The van der Waals surface area contributed by atoms with Crippen molar-refractivity contribution < 1.29 is 4.74 Å². The zero-order chi connectivity index (χ0) is 12.7. The van der Waals surface area contributed by atoms with Gasteiger partial charge in [0.25, 0.3) is 0 Å². The van der Waals surface area contributed by atoms with Gasteiger partial charge in [0, 0.05) is 25.1 Å². The van der Waals surface area contributed by atoms with Crippen LogP contribution in [0.25, 0.3) is 11.0 Å². The minimum absolute atomic E-state index is 0.502. The molecule has 0 saturated carbocycles. The lowest BCUT2D eigenvalue weighted by molar-refractivity contribution is 0.415. The van der Waals surface area contributed by atoms with Crippen molar-refractivity contribution in [1.29, 1.82) is 0 Å². The van der Waals surface area contributed by atoms with Crippen molar-refractivity contribution in [1.82, 2.24) is 14.9 Å². The van der Waals surface area contributed by atoms with Crippen molar-refractivity contribution >= 4 is 11.0 Å². The highest BCUT2D eigenvalue weighted by Crippen LogP contribution is 2.30. The molecule has 0 aliphatic carbocycles. The monoisotopic (exact) mass is 245 g/mol. The number of nitrogens with one attached hydrogen (secondary N) is 1. The first kappa shape index (κ1) is 11.5. The van der Waals surface area contributed by atoms with Gasteiger partial charge in [0.05, 0.1) is 18.1 Å². The molecule has 18 heavy (non-hydrogen) atoms. The Morgan fingerprint density at radius 1 is 1.44 bits per heavy atom. The van der Waals surface area contributed by atoms with E-state index in [9.17, 15) is 0 Å². The third-order valence-electron chi connectivity index (χ3n) is 3.98. The van der Waals surface area contributed by atoms with Crippen LogP contribution in [-0.4, -0.2) is 29.2 Å². The van der Waals surface area contributed by atoms with Gasteiger partial charge in [-0.15, -0.1) is 0 Å². The third-order valence-corrected chi connectivity index (χ3v) is 3.98. The van der Waals surface area contributed by atoms with E-state index in [4.69, 9.17) is 9.72 Å². The van der Waals surface area contributed by atoms with Gasteiger partial charge in [-0.2, -0.15) is 0 Å². The first-order valence-electron chi connectivity index (χ1n) is 6.44. The van der Waals surface area contributed by atoms with Crippen molar-refractivity contribution in [2.24, 2.45) is 7.05 Å². The van der Waals surface area contributed by atoms with Crippen LogP contribution in [0.1, 0.15) is 25.1 Å². The lowest BCUT2D eigenvalue weighted by Crippen LogP contribution is -2.23. The largest absolute Gasteiger partial charge is 0.497 e. The summed E-state index contributed by atoms with van der Waals surface area (Å²) in [6, 6.07) is 6.58. The first-order valence-corrected chi connectivity index (χ1v) is 6.44. The van der Waals surface area contributed by atoms with Gasteiger partial charge in [-0.25, -0.2) is 4.98 Å². The SMILES string of the molecule is COc1ccc2c(c1)nc(C1CCNC1C)n2C. The van der Waals surface area contributed by atoms with Crippen LogP contribution in [-0.2, 0) is 7.05 Å². The Morgan fingerprint density at radius 3 is 2.94 bits per heavy atom. The summed E-state index contributed by atoms with van der Waals surface area (Å²) in [5, 5.41) is 3.48. The van der Waals surface area contributed by atoms with Crippen LogP contribution in [0.3, 0.4) is 0 Å². The van der Waals surface area contributed by atoms with E-state index < -0.39 is 0 Å². The van der Waals surface area contributed by atoms with E-state index in [-0.39, 0.29) is 0 Å². The molecule has 0 bridgehead atoms. The lowest BCUT2D eigenvalue weighted by atomic mass is 10.0. The molecule has 1 aliphatic heterocycles. The van der Waals surface area contributed by atoms with Crippen molar-refractivity contribution in [3.8, 4) is 5.75 Å². The first-order chi connectivity index (χ1) is 8.70. The van der Waals surface area contributed by atoms with Crippen LogP contribution in [0.15, 0.2) is 18.2 Å². The van der Waals surface area contributed by atoms with Crippen molar-refractivity contribution in [3.63, 3.8) is 0 Å². The number of benzene rings is 1. The van der Waals surface area contributed by atoms with Gasteiger partial charge < -0.3 is 14.6 Å². The molecule has 2 aromatic rings. The van der Waals surface area contributed by atoms with E-state index in [0.717, 1.165) is 24.2 Å². The molecule has 0 amide bonds. The molecule has 4 heteroatoms. The van der Waals surface area contributed by atoms with Crippen molar-refractivity contribution in [2.75, 3.05) is 13.7 Å². The second-order valence-electron chi connectivity index (χ2n) is 5.02. The summed E-state index contributed by atoms with van der Waals surface area (Å²) >= 11 is 0. The van der Waals surface area contributed by atoms with Gasteiger partial charge >= 0.3 is 0 Å². The molecule has 2 heterocycles. The Bertz CT molecular complexity index is 576. The molecule has 2 atom stereocenters. The summed E-state index contributed by atoms with van der Waals surface area (Å²) in [4.78, 5) is 4.80. The van der Waals surface area contributed by atoms with E-state index in [1.54, 1.807) is 7.11 Å². The minimum Gasteiger partial charge on any atom is -0.497 e. The van der Waals surface area contributed by atoms with Crippen LogP contribution in [0.2, 0.25) is 0 Å². The zero-order valence-electron chi connectivity index (χ0n) is 11.1. The maximum absolute atomic E-state index is 5.26. The number of ether oxygens (including phenoxy) is 1. The molecule has 1 saturated heterocycles. The molecule has 1 fully saturated rings. The number of rotatable bonds is 2. The normalized spacial score (nSPS) is 23.7. The van der Waals surface area contributed by atoms with E-state index in [2.05, 4.69) is 29.9 Å². The smallest absolute Gasteiger partial charge is 0.121 e. The molecule has 96 valence electrons. The predicted molar refractivity (Wildman–Crippen MR) is 72.1 cm³/mol. The third kappa shape index (κ3) is 1.68. The quantitative estimate of drug-likeness (QED) is 0.880. The van der Waals surface area contributed by atoms with Crippen LogP contribution >= 0.6 is 0 Å². The highest BCUT2D eigenvalue weighted by molar-refractivity contribution is 5.77.